The molecule has 18 heavy (non-hydrogen) atoms. The van der Waals surface area contributed by atoms with Crippen LogP contribution in [0.1, 0.15) is 18.1 Å². The fourth-order valence-electron chi connectivity index (χ4n) is 1.87. The second kappa shape index (κ2) is 7.84. The first kappa shape index (κ1) is 14.7. The van der Waals surface area contributed by atoms with Crippen molar-refractivity contribution < 1.29 is 19.5 Å². The maximum absolute atomic E-state index is 10.7. The van der Waals surface area contributed by atoms with Crippen molar-refractivity contribution in [2.24, 2.45) is 0 Å². The van der Waals surface area contributed by atoms with Gasteiger partial charge in [0, 0.05) is 12.7 Å². The van der Waals surface area contributed by atoms with Gasteiger partial charge in [-0.25, -0.2) is 0 Å². The zero-order chi connectivity index (χ0) is 13.4. The van der Waals surface area contributed by atoms with Crippen molar-refractivity contribution in [2.75, 3.05) is 26.8 Å². The molecule has 1 N–H and O–H groups in total. The van der Waals surface area contributed by atoms with Crippen LogP contribution in [0.5, 0.6) is 0 Å². The van der Waals surface area contributed by atoms with E-state index in [1.165, 1.54) is 5.56 Å². The zero-order valence-electron chi connectivity index (χ0n) is 11.1. The van der Waals surface area contributed by atoms with Crippen LogP contribution in [-0.4, -0.2) is 32.8 Å². The molecule has 0 saturated heterocycles. The van der Waals surface area contributed by atoms with Crippen LogP contribution in [0, 0.1) is 0 Å². The van der Waals surface area contributed by atoms with Crippen LogP contribution in [0.4, 0.5) is 0 Å². The zero-order valence-corrected chi connectivity index (χ0v) is 11.1. The second-order valence-corrected chi connectivity index (χ2v) is 4.39. The first-order chi connectivity index (χ1) is 8.65. The van der Waals surface area contributed by atoms with E-state index in [4.69, 9.17) is 4.74 Å². The van der Waals surface area contributed by atoms with Gasteiger partial charge in [0.15, 0.2) is 0 Å². The van der Waals surface area contributed by atoms with Gasteiger partial charge in [-0.3, -0.25) is 0 Å². The summed E-state index contributed by atoms with van der Waals surface area (Å²) >= 11 is 0. The van der Waals surface area contributed by atoms with Crippen molar-refractivity contribution >= 4 is 5.97 Å². The van der Waals surface area contributed by atoms with Crippen LogP contribution in [0.25, 0.3) is 0 Å². The first-order valence-corrected chi connectivity index (χ1v) is 6.25. The number of carbonyl (C=O) groups excluding carboxylic acids is 1. The summed E-state index contributed by atoms with van der Waals surface area (Å²) in [4.78, 5) is 11.6. The molecule has 0 spiro atoms. The average molecular weight is 251 g/mol. The van der Waals surface area contributed by atoms with Crippen LogP contribution in [0.3, 0.4) is 0 Å². The number of hydrogen-bond acceptors (Lipinski definition) is 3. The average Bonchev–Trinajstić information content (AvgIpc) is 2.36. The number of nitrogens with one attached hydrogen (secondary N) is 1. The third-order valence-electron chi connectivity index (χ3n) is 2.94. The van der Waals surface area contributed by atoms with Crippen LogP contribution < -0.4 is 10.0 Å². The molecule has 1 rings (SSSR count). The van der Waals surface area contributed by atoms with Crippen molar-refractivity contribution in [1.82, 2.24) is 0 Å². The summed E-state index contributed by atoms with van der Waals surface area (Å²) in [6, 6.07) is 8.28. The molecule has 1 unspecified atom stereocenters. The van der Waals surface area contributed by atoms with E-state index in [9.17, 15) is 9.90 Å². The minimum Gasteiger partial charge on any atom is -0.544 e. The van der Waals surface area contributed by atoms with Gasteiger partial charge in [-0.05, 0) is 12.0 Å². The molecule has 0 aromatic heterocycles. The van der Waals surface area contributed by atoms with Gasteiger partial charge in [0.25, 0.3) is 0 Å². The van der Waals surface area contributed by atoms with Gasteiger partial charge < -0.3 is 19.5 Å². The van der Waals surface area contributed by atoms with Crippen molar-refractivity contribution in [2.45, 2.75) is 19.9 Å². The summed E-state index contributed by atoms with van der Waals surface area (Å²) in [6.45, 7) is 4.02. The van der Waals surface area contributed by atoms with Gasteiger partial charge in [0.2, 0.25) is 0 Å². The van der Waals surface area contributed by atoms with Gasteiger partial charge in [-0.2, -0.15) is 0 Å². The molecule has 4 nitrogen and oxygen atoms in total. The lowest BCUT2D eigenvalue weighted by atomic mass is 10.1. The molecule has 0 aliphatic carbocycles. The van der Waals surface area contributed by atoms with Gasteiger partial charge in [0.1, 0.15) is 19.6 Å². The molecule has 0 bridgehead atoms. The molecular formula is C14H21NO3. The van der Waals surface area contributed by atoms with Crippen molar-refractivity contribution in [3.05, 3.63) is 35.4 Å². The second-order valence-electron chi connectivity index (χ2n) is 4.39. The predicted octanol–water partition coefficient (Wildman–Crippen LogP) is -0.970. The Hall–Kier alpha value is -1.39. The van der Waals surface area contributed by atoms with E-state index in [1.54, 1.807) is 7.11 Å². The first-order valence-electron chi connectivity index (χ1n) is 6.25. The van der Waals surface area contributed by atoms with Crippen LogP contribution in [-0.2, 0) is 22.5 Å². The lowest BCUT2D eigenvalue weighted by Crippen LogP contribution is -3.12. The van der Waals surface area contributed by atoms with E-state index >= 15 is 0 Å². The van der Waals surface area contributed by atoms with Gasteiger partial charge in [-0.1, -0.05) is 31.2 Å². The Kier molecular flexibility index (Phi) is 6.39. The number of carboxylic acid groups (broad SMARTS) is 1. The number of quaternary nitrogens is 1. The number of benzene rings is 1. The molecule has 0 radical (unpaired) electrons. The fourth-order valence-corrected chi connectivity index (χ4v) is 1.87. The summed E-state index contributed by atoms with van der Waals surface area (Å²) in [5.41, 5.74) is 2.43. The Balaban J connectivity index is 2.59. The van der Waals surface area contributed by atoms with E-state index in [0.717, 1.165) is 16.9 Å². The summed E-state index contributed by atoms with van der Waals surface area (Å²) in [6.07, 6.45) is 1.01. The van der Waals surface area contributed by atoms with E-state index in [0.29, 0.717) is 19.7 Å². The standard InChI is InChI=1S/C14H21NO3/c1-3-12-4-6-13(7-5-12)10-15(8-9-18-2)11-14(16)17/h4-7H,3,8-11H2,1-2H3,(H,16,17). The largest absolute Gasteiger partial charge is 0.544 e. The lowest BCUT2D eigenvalue weighted by Gasteiger charge is -2.19. The molecule has 0 amide bonds. The minimum atomic E-state index is -1.02. The summed E-state index contributed by atoms with van der Waals surface area (Å²) < 4.78 is 4.99. The molecular weight excluding hydrogens is 230 g/mol. The molecule has 0 saturated carbocycles. The molecule has 0 aliphatic rings. The normalized spacial score (nSPS) is 12.3. The Bertz CT molecular complexity index is 362. The molecule has 0 heterocycles. The highest BCUT2D eigenvalue weighted by molar-refractivity contribution is 5.65. The third kappa shape index (κ3) is 5.29. The van der Waals surface area contributed by atoms with Crippen molar-refractivity contribution in [3.63, 3.8) is 0 Å². The van der Waals surface area contributed by atoms with E-state index in [1.807, 2.05) is 0 Å². The number of methoxy groups -OCH3 is 1. The van der Waals surface area contributed by atoms with Gasteiger partial charge in [-0.15, -0.1) is 0 Å². The Morgan fingerprint density at radius 2 is 1.89 bits per heavy atom. The van der Waals surface area contributed by atoms with Crippen LogP contribution in [0.15, 0.2) is 24.3 Å². The number of ether oxygens (including phenoxy) is 1. The molecule has 0 fully saturated rings. The summed E-state index contributed by atoms with van der Waals surface area (Å²) in [5, 5.41) is 10.7. The molecule has 1 aromatic rings. The number of aryl methyl sites for hydroxylation is 1. The lowest BCUT2D eigenvalue weighted by molar-refractivity contribution is -0.908. The van der Waals surface area contributed by atoms with Crippen LogP contribution >= 0.6 is 0 Å². The Morgan fingerprint density at radius 3 is 2.39 bits per heavy atom. The van der Waals surface area contributed by atoms with Crippen molar-refractivity contribution in [3.8, 4) is 0 Å². The summed E-state index contributed by atoms with van der Waals surface area (Å²) in [5.74, 6) is -1.02. The SMILES string of the molecule is CCc1ccc(C[NH+](CCOC)CC(=O)[O-])cc1. The van der Waals surface area contributed by atoms with Gasteiger partial charge in [0.05, 0.1) is 12.6 Å². The third-order valence-corrected chi connectivity index (χ3v) is 2.94. The monoisotopic (exact) mass is 251 g/mol. The maximum atomic E-state index is 10.7. The van der Waals surface area contributed by atoms with E-state index < -0.39 is 5.97 Å². The predicted molar refractivity (Wildman–Crippen MR) is 67.1 cm³/mol. The van der Waals surface area contributed by atoms with Crippen LogP contribution in [0.2, 0.25) is 0 Å². The Morgan fingerprint density at radius 1 is 1.28 bits per heavy atom. The fraction of sp³-hybridized carbons (Fsp3) is 0.500. The number of carboxylic acids is 1. The van der Waals surface area contributed by atoms with E-state index in [2.05, 4.69) is 31.2 Å². The number of rotatable bonds is 8. The highest BCUT2D eigenvalue weighted by Crippen LogP contribution is 2.03. The minimum absolute atomic E-state index is 0.0128. The van der Waals surface area contributed by atoms with Crippen molar-refractivity contribution in [1.29, 1.82) is 0 Å². The molecule has 1 atom stereocenters. The molecule has 0 aliphatic heterocycles. The van der Waals surface area contributed by atoms with Gasteiger partial charge >= 0.3 is 0 Å². The van der Waals surface area contributed by atoms with E-state index in [-0.39, 0.29) is 6.54 Å². The highest BCUT2D eigenvalue weighted by atomic mass is 16.5. The highest BCUT2D eigenvalue weighted by Gasteiger charge is 2.09. The molecule has 4 heteroatoms. The topological polar surface area (TPSA) is 53.8 Å². The molecule has 1 aromatic carbocycles. The number of carbonyl (C=O) groups is 1. The number of aliphatic carboxylic acids is 1. The molecule has 100 valence electrons. The number of hydrogen-bond donors (Lipinski definition) is 1. The Labute approximate surface area is 108 Å². The smallest absolute Gasteiger partial charge is 0.118 e. The maximum Gasteiger partial charge on any atom is 0.118 e. The summed E-state index contributed by atoms with van der Waals surface area (Å²) in [7, 11) is 1.62. The quantitative estimate of drug-likeness (QED) is 0.647.